The second-order valence-corrected chi connectivity index (χ2v) is 13.1. The molecule has 0 aromatic heterocycles. The Kier molecular flexibility index (Phi) is 34.1. The molecule has 0 rings (SSSR count). The number of rotatable bonds is 35. The zero-order valence-electron chi connectivity index (χ0n) is 29.0. The van der Waals surface area contributed by atoms with Crippen molar-refractivity contribution < 1.29 is 19.4 Å². The average molecular weight is 607 g/mol. The summed E-state index contributed by atoms with van der Waals surface area (Å²) in [6, 6.07) is 0. The molecule has 0 amide bonds. The number of ether oxygens (including phenoxy) is 1. The molecule has 0 aliphatic heterocycles. The Balaban J connectivity index is 3.73. The van der Waals surface area contributed by atoms with Gasteiger partial charge in [0.1, 0.15) is 6.10 Å². The lowest BCUT2D eigenvalue weighted by atomic mass is 10.0. The minimum Gasteiger partial charge on any atom is -0.481 e. The van der Waals surface area contributed by atoms with Crippen LogP contribution < -0.4 is 0 Å². The number of unbranched alkanes of at least 4 members (excludes halogenated alkanes) is 24. The lowest BCUT2D eigenvalue weighted by Crippen LogP contribution is -2.18. The van der Waals surface area contributed by atoms with Gasteiger partial charge in [0.25, 0.3) is 0 Å². The van der Waals surface area contributed by atoms with Crippen molar-refractivity contribution >= 4 is 11.9 Å². The number of carbonyl (C=O) groups excluding carboxylic acids is 1. The highest BCUT2D eigenvalue weighted by Crippen LogP contribution is 2.18. The first-order valence-electron chi connectivity index (χ1n) is 19.2. The van der Waals surface area contributed by atoms with Crippen LogP contribution in [0.5, 0.6) is 0 Å². The fourth-order valence-corrected chi connectivity index (χ4v) is 5.89. The maximum atomic E-state index is 12.5. The van der Waals surface area contributed by atoms with Gasteiger partial charge < -0.3 is 9.84 Å². The maximum absolute atomic E-state index is 12.5. The Morgan fingerprint density at radius 3 is 1.28 bits per heavy atom. The molecular formula is C39H74O4. The third-order valence-corrected chi connectivity index (χ3v) is 8.74. The Morgan fingerprint density at radius 1 is 0.488 bits per heavy atom. The second kappa shape index (κ2) is 35.2. The van der Waals surface area contributed by atoms with Crippen LogP contribution in [0.15, 0.2) is 12.2 Å². The highest BCUT2D eigenvalue weighted by atomic mass is 16.5. The third kappa shape index (κ3) is 35.0. The Morgan fingerprint density at radius 2 is 0.837 bits per heavy atom. The van der Waals surface area contributed by atoms with Crippen LogP contribution in [0, 0.1) is 0 Å². The van der Waals surface area contributed by atoms with E-state index in [0.29, 0.717) is 12.8 Å². The Labute approximate surface area is 268 Å². The molecule has 4 heteroatoms. The van der Waals surface area contributed by atoms with Crippen LogP contribution in [-0.2, 0) is 14.3 Å². The molecule has 1 atom stereocenters. The van der Waals surface area contributed by atoms with Crippen LogP contribution in [0.2, 0.25) is 0 Å². The van der Waals surface area contributed by atoms with Crippen molar-refractivity contribution in [2.75, 3.05) is 0 Å². The van der Waals surface area contributed by atoms with Crippen molar-refractivity contribution in [3.05, 3.63) is 12.2 Å². The van der Waals surface area contributed by atoms with Crippen LogP contribution in [0.1, 0.15) is 219 Å². The number of hydrogen-bond donors (Lipinski definition) is 1. The topological polar surface area (TPSA) is 63.6 Å². The average Bonchev–Trinajstić information content (AvgIpc) is 2.99. The highest BCUT2D eigenvalue weighted by molar-refractivity contribution is 5.69. The smallest absolute Gasteiger partial charge is 0.306 e. The molecule has 1 N–H and O–H groups in total. The molecule has 0 radical (unpaired) electrons. The van der Waals surface area contributed by atoms with Gasteiger partial charge in [-0.05, 0) is 64.2 Å². The van der Waals surface area contributed by atoms with Crippen LogP contribution in [0.4, 0.5) is 0 Å². The molecule has 0 aromatic carbocycles. The Bertz CT molecular complexity index is 614. The van der Waals surface area contributed by atoms with E-state index >= 15 is 0 Å². The van der Waals surface area contributed by atoms with Crippen molar-refractivity contribution in [3.63, 3.8) is 0 Å². The first-order valence-corrected chi connectivity index (χ1v) is 19.2. The van der Waals surface area contributed by atoms with Gasteiger partial charge in [-0.25, -0.2) is 0 Å². The zero-order valence-corrected chi connectivity index (χ0v) is 29.0. The van der Waals surface area contributed by atoms with E-state index in [1.54, 1.807) is 0 Å². The van der Waals surface area contributed by atoms with Gasteiger partial charge in [0.05, 0.1) is 0 Å². The number of carboxylic acid groups (broad SMARTS) is 1. The quantitative estimate of drug-likeness (QED) is 0.0443. The zero-order chi connectivity index (χ0) is 31.5. The molecule has 254 valence electrons. The predicted octanol–water partition coefficient (Wildman–Crippen LogP) is 13.1. The van der Waals surface area contributed by atoms with Crippen molar-refractivity contribution in [3.8, 4) is 0 Å². The van der Waals surface area contributed by atoms with E-state index < -0.39 is 5.97 Å². The van der Waals surface area contributed by atoms with E-state index in [1.807, 2.05) is 0 Å². The molecule has 0 saturated heterocycles. The minimum absolute atomic E-state index is 0.0138. The van der Waals surface area contributed by atoms with E-state index in [2.05, 4.69) is 26.0 Å². The normalized spacial score (nSPS) is 12.2. The summed E-state index contributed by atoms with van der Waals surface area (Å²) in [5.74, 6) is -0.673. The summed E-state index contributed by atoms with van der Waals surface area (Å²) in [6.07, 6.45) is 42.5. The highest BCUT2D eigenvalue weighted by Gasteiger charge is 2.14. The summed E-state index contributed by atoms with van der Waals surface area (Å²) in [5.41, 5.74) is 0. The SMILES string of the molecule is CCCCCCCC/C=C\CCCCCCCCCCCC(=O)OC(CCCCCC)CCCCCCCCCC(=O)O. The maximum Gasteiger partial charge on any atom is 0.306 e. The summed E-state index contributed by atoms with van der Waals surface area (Å²) in [7, 11) is 0. The summed E-state index contributed by atoms with van der Waals surface area (Å²) in [5, 5.41) is 8.72. The van der Waals surface area contributed by atoms with Crippen LogP contribution in [-0.4, -0.2) is 23.1 Å². The summed E-state index contributed by atoms with van der Waals surface area (Å²) >= 11 is 0. The predicted molar refractivity (Wildman–Crippen MR) is 186 cm³/mol. The largest absolute Gasteiger partial charge is 0.481 e. The van der Waals surface area contributed by atoms with Gasteiger partial charge >= 0.3 is 11.9 Å². The van der Waals surface area contributed by atoms with Gasteiger partial charge in [0.2, 0.25) is 0 Å². The first-order chi connectivity index (χ1) is 21.1. The van der Waals surface area contributed by atoms with E-state index in [4.69, 9.17) is 9.84 Å². The van der Waals surface area contributed by atoms with Gasteiger partial charge in [-0.15, -0.1) is 0 Å². The molecule has 1 unspecified atom stereocenters. The number of aliphatic carboxylic acids is 1. The lowest BCUT2D eigenvalue weighted by molar-refractivity contribution is -0.150. The molecule has 0 aliphatic carbocycles. The number of hydrogen-bond acceptors (Lipinski definition) is 3. The molecule has 0 aliphatic rings. The molecule has 0 heterocycles. The van der Waals surface area contributed by atoms with Gasteiger partial charge in [0, 0.05) is 12.8 Å². The number of esters is 1. The number of carboxylic acids is 1. The summed E-state index contributed by atoms with van der Waals surface area (Å²) in [4.78, 5) is 23.1. The summed E-state index contributed by atoms with van der Waals surface area (Å²) < 4.78 is 5.95. The molecule has 0 spiro atoms. The van der Waals surface area contributed by atoms with E-state index in [1.165, 1.54) is 135 Å². The fourth-order valence-electron chi connectivity index (χ4n) is 5.89. The van der Waals surface area contributed by atoms with Gasteiger partial charge in [0.15, 0.2) is 0 Å². The van der Waals surface area contributed by atoms with Gasteiger partial charge in [-0.2, -0.15) is 0 Å². The molecule has 0 saturated carbocycles. The van der Waals surface area contributed by atoms with Gasteiger partial charge in [-0.3, -0.25) is 9.59 Å². The number of carbonyl (C=O) groups is 2. The molecule has 0 aromatic rings. The van der Waals surface area contributed by atoms with Crippen molar-refractivity contribution in [1.29, 1.82) is 0 Å². The third-order valence-electron chi connectivity index (χ3n) is 8.74. The van der Waals surface area contributed by atoms with Crippen molar-refractivity contribution in [2.45, 2.75) is 225 Å². The van der Waals surface area contributed by atoms with E-state index in [9.17, 15) is 9.59 Å². The Hall–Kier alpha value is -1.32. The van der Waals surface area contributed by atoms with E-state index in [-0.39, 0.29) is 12.1 Å². The van der Waals surface area contributed by atoms with Crippen LogP contribution >= 0.6 is 0 Å². The lowest BCUT2D eigenvalue weighted by Gasteiger charge is -2.18. The van der Waals surface area contributed by atoms with Gasteiger partial charge in [-0.1, -0.05) is 154 Å². The minimum atomic E-state index is -0.687. The van der Waals surface area contributed by atoms with Crippen LogP contribution in [0.25, 0.3) is 0 Å². The van der Waals surface area contributed by atoms with Crippen LogP contribution in [0.3, 0.4) is 0 Å². The standard InChI is InChI=1S/C39H74O4/c1-3-5-7-9-10-11-12-13-14-15-16-17-18-19-20-21-25-28-32-36-39(42)43-37(33-29-8-6-4-2)34-30-26-23-22-24-27-31-35-38(40)41/h13-14,37H,3-12,15-36H2,1-2H3,(H,40,41)/b14-13-. The van der Waals surface area contributed by atoms with E-state index in [0.717, 1.165) is 57.8 Å². The summed E-state index contributed by atoms with van der Waals surface area (Å²) in [6.45, 7) is 4.51. The molecule has 4 nitrogen and oxygen atoms in total. The molecular weight excluding hydrogens is 532 g/mol. The van der Waals surface area contributed by atoms with Crippen molar-refractivity contribution in [2.24, 2.45) is 0 Å². The van der Waals surface area contributed by atoms with Crippen molar-refractivity contribution in [1.82, 2.24) is 0 Å². The number of allylic oxidation sites excluding steroid dienone is 2. The fraction of sp³-hybridized carbons (Fsp3) is 0.897. The first kappa shape index (κ1) is 41.7. The second-order valence-electron chi connectivity index (χ2n) is 13.1. The molecule has 43 heavy (non-hydrogen) atoms. The monoisotopic (exact) mass is 607 g/mol. The molecule has 0 bridgehead atoms. The molecule has 0 fully saturated rings.